The predicted octanol–water partition coefficient (Wildman–Crippen LogP) is 0.814. The summed E-state index contributed by atoms with van der Waals surface area (Å²) < 4.78 is 0. The van der Waals surface area contributed by atoms with Gasteiger partial charge in [0.15, 0.2) is 0 Å². The maximum absolute atomic E-state index is 7.95. The number of hydrogen-bond acceptors (Lipinski definition) is 1. The molecule has 1 nitrogen and oxygen atoms in total. The van der Waals surface area contributed by atoms with Crippen LogP contribution in [0.2, 0.25) is 5.32 Å². The molecule has 0 atom stereocenters. The zero-order chi connectivity index (χ0) is 4.83. The second-order valence-electron chi connectivity index (χ2n) is 0.793. The van der Waals surface area contributed by atoms with E-state index in [1.807, 2.05) is 0 Å². The second kappa shape index (κ2) is 5.01. The first-order valence-corrected chi connectivity index (χ1v) is 3.78. The van der Waals surface area contributed by atoms with Gasteiger partial charge in [0.2, 0.25) is 0 Å². The zero-order valence-corrected chi connectivity index (χ0v) is 5.19. The SMILES string of the molecule is [CH2]CC[Se]C#N. The molecule has 0 aromatic rings. The van der Waals surface area contributed by atoms with Crippen LogP contribution < -0.4 is 0 Å². The molecular weight excluding hydrogens is 141 g/mol. The van der Waals surface area contributed by atoms with Gasteiger partial charge in [-0.1, -0.05) is 0 Å². The first-order chi connectivity index (χ1) is 2.91. The van der Waals surface area contributed by atoms with Crippen LogP contribution in [-0.2, 0) is 0 Å². The van der Waals surface area contributed by atoms with Crippen molar-refractivity contribution in [1.82, 2.24) is 0 Å². The van der Waals surface area contributed by atoms with Crippen molar-refractivity contribution < 1.29 is 0 Å². The molecule has 0 bridgehead atoms. The topological polar surface area (TPSA) is 23.8 Å². The molecule has 0 unspecified atom stereocenters. The molecule has 6 heavy (non-hydrogen) atoms. The number of hydrogen-bond donors (Lipinski definition) is 0. The second-order valence-corrected chi connectivity index (χ2v) is 2.64. The van der Waals surface area contributed by atoms with Gasteiger partial charge in [-0.15, -0.1) is 0 Å². The first kappa shape index (κ1) is 6.01. The van der Waals surface area contributed by atoms with Crippen molar-refractivity contribution in [3.63, 3.8) is 0 Å². The van der Waals surface area contributed by atoms with E-state index >= 15 is 0 Å². The third kappa shape index (κ3) is 4.01. The molecular formula is C4H6NSe. The minimum atomic E-state index is 0.210. The molecule has 0 aliphatic carbocycles. The fraction of sp³-hybridized carbons (Fsp3) is 0.500. The summed E-state index contributed by atoms with van der Waals surface area (Å²) in [5, 5.41) is 8.95. The van der Waals surface area contributed by atoms with Crippen LogP contribution in [0.25, 0.3) is 0 Å². The molecule has 33 valence electrons. The number of rotatable bonds is 2. The molecule has 0 amide bonds. The van der Waals surface area contributed by atoms with Crippen molar-refractivity contribution in [2.45, 2.75) is 11.7 Å². The zero-order valence-electron chi connectivity index (χ0n) is 3.48. The van der Waals surface area contributed by atoms with Crippen LogP contribution >= 0.6 is 0 Å². The summed E-state index contributed by atoms with van der Waals surface area (Å²) in [6.45, 7) is 3.59. The Labute approximate surface area is 44.5 Å². The third-order valence-corrected chi connectivity index (χ3v) is 1.62. The minimum absolute atomic E-state index is 0.210. The first-order valence-electron chi connectivity index (χ1n) is 1.72. The Bertz CT molecular complexity index is 55.1. The molecule has 0 aromatic heterocycles. The predicted molar refractivity (Wildman–Crippen MR) is 26.1 cm³/mol. The fourth-order valence-corrected chi connectivity index (χ4v) is 0.612. The van der Waals surface area contributed by atoms with Gasteiger partial charge in [0, 0.05) is 0 Å². The van der Waals surface area contributed by atoms with Crippen molar-refractivity contribution >= 4 is 15.0 Å². The standard InChI is InChI=1S/C4H6NSe/c1-2-3-6-4-5/h1-3H2. The number of nitrogens with zero attached hydrogens (tertiary/aromatic N) is 1. The molecule has 0 rings (SSSR count). The Balaban J connectivity index is 2.54. The van der Waals surface area contributed by atoms with Crippen molar-refractivity contribution in [1.29, 1.82) is 5.26 Å². The van der Waals surface area contributed by atoms with E-state index in [9.17, 15) is 0 Å². The summed E-state index contributed by atoms with van der Waals surface area (Å²) >= 11 is 0.210. The Morgan fingerprint density at radius 1 is 1.83 bits per heavy atom. The van der Waals surface area contributed by atoms with E-state index in [0.29, 0.717) is 0 Å². The molecule has 0 heterocycles. The quantitative estimate of drug-likeness (QED) is 0.419. The van der Waals surface area contributed by atoms with Gasteiger partial charge in [-0.2, -0.15) is 0 Å². The molecule has 0 saturated carbocycles. The molecule has 0 spiro atoms. The summed E-state index contributed by atoms with van der Waals surface area (Å²) in [7, 11) is 0. The van der Waals surface area contributed by atoms with E-state index in [0.717, 1.165) is 11.7 Å². The average Bonchev–Trinajstić information content (AvgIpc) is 1.61. The molecule has 0 aliphatic rings. The van der Waals surface area contributed by atoms with Gasteiger partial charge in [0.25, 0.3) is 0 Å². The molecule has 1 radical (unpaired) electrons. The van der Waals surface area contributed by atoms with Crippen LogP contribution in [0, 0.1) is 17.2 Å². The summed E-state index contributed by atoms with van der Waals surface area (Å²) in [4.78, 5) is 2.09. The Morgan fingerprint density at radius 2 is 2.50 bits per heavy atom. The third-order valence-electron chi connectivity index (χ3n) is 0.311. The van der Waals surface area contributed by atoms with Crippen LogP contribution in [0.1, 0.15) is 6.42 Å². The Hall–Kier alpha value is 0.00948. The molecule has 0 aliphatic heterocycles. The average molecular weight is 147 g/mol. The molecule has 2 heteroatoms. The maximum atomic E-state index is 7.95. The van der Waals surface area contributed by atoms with E-state index in [1.54, 1.807) is 0 Å². The van der Waals surface area contributed by atoms with E-state index in [-0.39, 0.29) is 15.0 Å². The van der Waals surface area contributed by atoms with E-state index in [4.69, 9.17) is 5.26 Å². The molecule has 0 saturated heterocycles. The van der Waals surface area contributed by atoms with Gasteiger partial charge in [0.1, 0.15) is 0 Å². The van der Waals surface area contributed by atoms with Gasteiger partial charge in [-0.25, -0.2) is 0 Å². The van der Waals surface area contributed by atoms with Gasteiger partial charge in [0.05, 0.1) is 0 Å². The molecule has 0 N–H and O–H groups in total. The van der Waals surface area contributed by atoms with E-state index in [2.05, 4.69) is 11.9 Å². The molecule has 0 aromatic carbocycles. The monoisotopic (exact) mass is 148 g/mol. The van der Waals surface area contributed by atoms with Crippen LogP contribution in [0.15, 0.2) is 0 Å². The normalized spacial score (nSPS) is 7.33. The van der Waals surface area contributed by atoms with Crippen molar-refractivity contribution in [3.05, 3.63) is 6.92 Å². The van der Waals surface area contributed by atoms with Gasteiger partial charge in [-0.3, -0.25) is 0 Å². The van der Waals surface area contributed by atoms with Crippen LogP contribution in [0.4, 0.5) is 0 Å². The molecule has 0 fully saturated rings. The van der Waals surface area contributed by atoms with Crippen LogP contribution in [-0.4, -0.2) is 15.0 Å². The van der Waals surface area contributed by atoms with Crippen molar-refractivity contribution in [2.75, 3.05) is 0 Å². The summed E-state index contributed by atoms with van der Waals surface area (Å²) in [6, 6.07) is 0. The van der Waals surface area contributed by atoms with Crippen molar-refractivity contribution in [3.8, 4) is 4.97 Å². The fourth-order valence-electron chi connectivity index (χ4n) is 0.118. The summed E-state index contributed by atoms with van der Waals surface area (Å²) in [5.41, 5.74) is 0. The van der Waals surface area contributed by atoms with Gasteiger partial charge in [-0.05, 0) is 0 Å². The Morgan fingerprint density at radius 3 is 2.67 bits per heavy atom. The number of nitriles is 1. The van der Waals surface area contributed by atoms with Gasteiger partial charge >= 0.3 is 43.9 Å². The van der Waals surface area contributed by atoms with Crippen LogP contribution in [0.3, 0.4) is 0 Å². The Kier molecular flexibility index (Phi) is 5.02. The van der Waals surface area contributed by atoms with Crippen molar-refractivity contribution in [2.24, 2.45) is 0 Å². The van der Waals surface area contributed by atoms with E-state index < -0.39 is 0 Å². The van der Waals surface area contributed by atoms with E-state index in [1.165, 1.54) is 0 Å². The summed E-state index contributed by atoms with van der Waals surface area (Å²) in [5.74, 6) is 0. The van der Waals surface area contributed by atoms with Gasteiger partial charge < -0.3 is 0 Å². The van der Waals surface area contributed by atoms with Crippen LogP contribution in [0.5, 0.6) is 0 Å². The summed E-state index contributed by atoms with van der Waals surface area (Å²) in [6.07, 6.45) is 0.910.